The molecule has 1 fully saturated rings. The first kappa shape index (κ1) is 11.7. The van der Waals surface area contributed by atoms with Gasteiger partial charge in [-0.15, -0.1) is 0 Å². The fraction of sp³-hybridized carbons (Fsp3) is 0.545. The number of amides is 1. The Morgan fingerprint density at radius 3 is 3.00 bits per heavy atom. The molecule has 0 spiro atoms. The Kier molecular flexibility index (Phi) is 3.35. The first-order valence-corrected chi connectivity index (χ1v) is 6.16. The van der Waals surface area contributed by atoms with Crippen molar-refractivity contribution in [2.75, 3.05) is 13.2 Å². The van der Waals surface area contributed by atoms with E-state index in [-0.39, 0.29) is 18.6 Å². The van der Waals surface area contributed by atoms with Gasteiger partial charge in [0.1, 0.15) is 5.69 Å². The highest BCUT2D eigenvalue weighted by Gasteiger charge is 2.29. The van der Waals surface area contributed by atoms with Crippen molar-refractivity contribution in [3.8, 4) is 0 Å². The van der Waals surface area contributed by atoms with Crippen LogP contribution in [0.4, 0.5) is 0 Å². The van der Waals surface area contributed by atoms with Gasteiger partial charge in [0, 0.05) is 24.3 Å². The standard InChI is InChI=1S/C11H15BrN2O2/c1-13-6-8(12)5-10(13)11(16)14-4-2-3-9(14)7-15/h5-6,9,15H,2-4,7H2,1H3/t9-/m1/s1. The monoisotopic (exact) mass is 286 g/mol. The smallest absolute Gasteiger partial charge is 0.270 e. The van der Waals surface area contributed by atoms with Gasteiger partial charge in [-0.2, -0.15) is 0 Å². The SMILES string of the molecule is Cn1cc(Br)cc1C(=O)N1CCC[C@@H]1CO. The van der Waals surface area contributed by atoms with Crippen LogP contribution in [0.2, 0.25) is 0 Å². The summed E-state index contributed by atoms with van der Waals surface area (Å²) in [4.78, 5) is 14.0. The Morgan fingerprint density at radius 2 is 2.44 bits per heavy atom. The molecule has 1 atom stereocenters. The Morgan fingerprint density at radius 1 is 1.69 bits per heavy atom. The lowest BCUT2D eigenvalue weighted by molar-refractivity contribution is 0.0668. The van der Waals surface area contributed by atoms with Crippen LogP contribution < -0.4 is 0 Å². The lowest BCUT2D eigenvalue weighted by Gasteiger charge is -2.23. The van der Waals surface area contributed by atoms with Crippen LogP contribution in [0.5, 0.6) is 0 Å². The molecule has 0 radical (unpaired) electrons. The molecule has 1 aliphatic heterocycles. The molecule has 0 aliphatic carbocycles. The highest BCUT2D eigenvalue weighted by molar-refractivity contribution is 9.10. The second kappa shape index (κ2) is 4.59. The lowest BCUT2D eigenvalue weighted by atomic mass is 10.2. The van der Waals surface area contributed by atoms with Gasteiger partial charge in [0.25, 0.3) is 5.91 Å². The van der Waals surface area contributed by atoms with Crippen molar-refractivity contribution in [1.29, 1.82) is 0 Å². The summed E-state index contributed by atoms with van der Waals surface area (Å²) in [6.07, 6.45) is 3.73. The molecule has 2 rings (SSSR count). The molecule has 88 valence electrons. The first-order chi connectivity index (χ1) is 7.63. The van der Waals surface area contributed by atoms with Crippen molar-refractivity contribution in [3.05, 3.63) is 22.4 Å². The molecule has 1 saturated heterocycles. The minimum absolute atomic E-state index is 0.00440. The average molecular weight is 287 g/mol. The van der Waals surface area contributed by atoms with E-state index >= 15 is 0 Å². The van der Waals surface area contributed by atoms with Crippen LogP contribution in [0.1, 0.15) is 23.3 Å². The predicted octanol–water partition coefficient (Wildman–Crippen LogP) is 1.38. The Hall–Kier alpha value is -0.810. The number of carbonyl (C=O) groups excluding carboxylic acids is 1. The number of aliphatic hydroxyl groups excluding tert-OH is 1. The summed E-state index contributed by atoms with van der Waals surface area (Å²) in [5.74, 6) is 0.00440. The van der Waals surface area contributed by atoms with E-state index in [1.807, 2.05) is 19.3 Å². The molecule has 0 saturated carbocycles. The Bertz CT molecular complexity index is 403. The number of rotatable bonds is 2. The maximum atomic E-state index is 12.2. The zero-order valence-electron chi connectivity index (χ0n) is 9.19. The molecule has 16 heavy (non-hydrogen) atoms. The molecule has 2 heterocycles. The van der Waals surface area contributed by atoms with E-state index in [9.17, 15) is 9.90 Å². The van der Waals surface area contributed by atoms with Crippen molar-refractivity contribution in [2.45, 2.75) is 18.9 Å². The topological polar surface area (TPSA) is 45.5 Å². The normalized spacial score (nSPS) is 20.4. The average Bonchev–Trinajstić information content (AvgIpc) is 2.83. The zero-order valence-corrected chi connectivity index (χ0v) is 10.8. The van der Waals surface area contributed by atoms with Gasteiger partial charge < -0.3 is 14.6 Å². The van der Waals surface area contributed by atoms with E-state index in [0.29, 0.717) is 5.69 Å². The minimum atomic E-state index is -0.0128. The number of carbonyl (C=O) groups is 1. The first-order valence-electron chi connectivity index (χ1n) is 5.37. The van der Waals surface area contributed by atoms with Crippen molar-refractivity contribution in [2.24, 2.45) is 7.05 Å². The fourth-order valence-electron chi connectivity index (χ4n) is 2.18. The molecule has 1 aromatic heterocycles. The van der Waals surface area contributed by atoms with E-state index in [1.165, 1.54) is 0 Å². The molecule has 1 aliphatic rings. The number of aliphatic hydroxyl groups is 1. The van der Waals surface area contributed by atoms with Crippen LogP contribution in [-0.4, -0.2) is 39.7 Å². The number of hydrogen-bond acceptors (Lipinski definition) is 2. The van der Waals surface area contributed by atoms with Crippen molar-refractivity contribution in [3.63, 3.8) is 0 Å². The van der Waals surface area contributed by atoms with E-state index in [2.05, 4.69) is 15.9 Å². The lowest BCUT2D eigenvalue weighted by Crippen LogP contribution is -2.38. The second-order valence-corrected chi connectivity index (χ2v) is 5.05. The third kappa shape index (κ3) is 2.01. The van der Waals surface area contributed by atoms with Gasteiger partial charge in [-0.25, -0.2) is 0 Å². The largest absolute Gasteiger partial charge is 0.394 e. The molecule has 0 unspecified atom stereocenters. The maximum Gasteiger partial charge on any atom is 0.270 e. The highest BCUT2D eigenvalue weighted by atomic mass is 79.9. The molecule has 0 aromatic carbocycles. The predicted molar refractivity (Wildman–Crippen MR) is 64.3 cm³/mol. The van der Waals surface area contributed by atoms with Gasteiger partial charge in [0.05, 0.1) is 12.6 Å². The molecule has 0 bridgehead atoms. The molecule has 4 nitrogen and oxygen atoms in total. The number of hydrogen-bond donors (Lipinski definition) is 1. The van der Waals surface area contributed by atoms with Crippen molar-refractivity contribution >= 4 is 21.8 Å². The van der Waals surface area contributed by atoms with E-state index < -0.39 is 0 Å². The quantitative estimate of drug-likeness (QED) is 0.893. The molecule has 1 N–H and O–H groups in total. The summed E-state index contributed by atoms with van der Waals surface area (Å²) < 4.78 is 2.71. The van der Waals surface area contributed by atoms with E-state index in [4.69, 9.17) is 0 Å². The van der Waals surface area contributed by atoms with Crippen LogP contribution in [0.25, 0.3) is 0 Å². The number of aromatic nitrogens is 1. The summed E-state index contributed by atoms with van der Waals surface area (Å²) in [5, 5.41) is 9.20. The highest BCUT2D eigenvalue weighted by Crippen LogP contribution is 2.21. The summed E-state index contributed by atoms with van der Waals surface area (Å²) >= 11 is 3.35. The van der Waals surface area contributed by atoms with Crippen LogP contribution >= 0.6 is 15.9 Å². The molecule has 1 aromatic rings. The molecular formula is C11H15BrN2O2. The summed E-state index contributed by atoms with van der Waals surface area (Å²) in [6.45, 7) is 0.796. The molecule has 1 amide bonds. The van der Waals surface area contributed by atoms with Crippen LogP contribution in [0.15, 0.2) is 16.7 Å². The van der Waals surface area contributed by atoms with Crippen LogP contribution in [0.3, 0.4) is 0 Å². The van der Waals surface area contributed by atoms with Crippen LogP contribution in [0, 0.1) is 0 Å². The number of likely N-dealkylation sites (tertiary alicyclic amines) is 1. The van der Waals surface area contributed by atoms with Gasteiger partial charge >= 0.3 is 0 Å². The molecule has 5 heteroatoms. The van der Waals surface area contributed by atoms with E-state index in [0.717, 1.165) is 23.9 Å². The van der Waals surface area contributed by atoms with Crippen molar-refractivity contribution in [1.82, 2.24) is 9.47 Å². The van der Waals surface area contributed by atoms with Crippen molar-refractivity contribution < 1.29 is 9.90 Å². The number of nitrogens with zero attached hydrogens (tertiary/aromatic N) is 2. The third-order valence-electron chi connectivity index (χ3n) is 3.04. The maximum absolute atomic E-state index is 12.2. The summed E-state index contributed by atoms with van der Waals surface area (Å²) in [7, 11) is 1.85. The van der Waals surface area contributed by atoms with Gasteiger partial charge in [0.2, 0.25) is 0 Å². The Balaban J connectivity index is 2.21. The number of aryl methyl sites for hydroxylation is 1. The second-order valence-electron chi connectivity index (χ2n) is 4.13. The van der Waals surface area contributed by atoms with Gasteiger partial charge in [0.15, 0.2) is 0 Å². The number of halogens is 1. The zero-order chi connectivity index (χ0) is 11.7. The van der Waals surface area contributed by atoms with Gasteiger partial charge in [-0.1, -0.05) is 0 Å². The summed E-state index contributed by atoms with van der Waals surface area (Å²) in [6, 6.07) is 1.80. The minimum Gasteiger partial charge on any atom is -0.394 e. The summed E-state index contributed by atoms with van der Waals surface area (Å²) in [5.41, 5.74) is 0.659. The van der Waals surface area contributed by atoms with Gasteiger partial charge in [-0.05, 0) is 34.8 Å². The fourth-order valence-corrected chi connectivity index (χ4v) is 2.70. The van der Waals surface area contributed by atoms with Crippen LogP contribution in [-0.2, 0) is 7.05 Å². The van der Waals surface area contributed by atoms with Gasteiger partial charge in [-0.3, -0.25) is 4.79 Å². The molecular weight excluding hydrogens is 272 g/mol. The van der Waals surface area contributed by atoms with E-state index in [1.54, 1.807) is 9.47 Å². The third-order valence-corrected chi connectivity index (χ3v) is 3.47. The Labute approximate surface area is 103 Å².